The number of nitrogens with zero attached hydrogens (tertiary/aromatic N) is 3. The van der Waals surface area contributed by atoms with Crippen LogP contribution in [-0.4, -0.2) is 28.5 Å². The molecule has 1 aromatic heterocycles. The van der Waals surface area contributed by atoms with Gasteiger partial charge in [-0.2, -0.15) is 0 Å². The first-order chi connectivity index (χ1) is 14.3. The number of halogens is 1. The summed E-state index contributed by atoms with van der Waals surface area (Å²) in [6.45, 7) is 6.48. The van der Waals surface area contributed by atoms with E-state index in [2.05, 4.69) is 4.90 Å². The lowest BCUT2D eigenvalue weighted by Gasteiger charge is -2.41. The molecular weight excluding hydrogens is 381 g/mol. The monoisotopic (exact) mass is 409 g/mol. The van der Waals surface area contributed by atoms with Crippen molar-refractivity contribution in [3.8, 4) is 0 Å². The van der Waals surface area contributed by atoms with Gasteiger partial charge in [-0.1, -0.05) is 6.07 Å². The van der Waals surface area contributed by atoms with Crippen molar-refractivity contribution in [1.82, 2.24) is 9.47 Å². The first-order valence-electron chi connectivity index (χ1n) is 10.8. The maximum Gasteiger partial charge on any atom is 0.253 e. The predicted octanol–water partition coefficient (Wildman–Crippen LogP) is 3.39. The topological polar surface area (TPSA) is 45.6 Å². The first-order valence-corrected chi connectivity index (χ1v) is 10.8. The van der Waals surface area contributed by atoms with Gasteiger partial charge in [-0.25, -0.2) is 4.39 Å². The van der Waals surface area contributed by atoms with Crippen LogP contribution in [0.3, 0.4) is 0 Å². The number of hydrogen-bond donors (Lipinski definition) is 0. The zero-order valence-corrected chi connectivity index (χ0v) is 17.9. The van der Waals surface area contributed by atoms with Crippen molar-refractivity contribution in [2.45, 2.75) is 52.1 Å². The second-order valence-electron chi connectivity index (χ2n) is 9.24. The van der Waals surface area contributed by atoms with E-state index < -0.39 is 0 Å². The highest BCUT2D eigenvalue weighted by Crippen LogP contribution is 2.42. The Labute approximate surface area is 176 Å². The van der Waals surface area contributed by atoms with Crippen LogP contribution in [0.4, 0.5) is 10.1 Å². The summed E-state index contributed by atoms with van der Waals surface area (Å²) in [7, 11) is 1.79. The molecule has 1 saturated heterocycles. The number of aromatic nitrogens is 1. The largest absolute Gasteiger partial charge is 0.371 e. The summed E-state index contributed by atoms with van der Waals surface area (Å²) in [6.07, 6.45) is 2.69. The van der Waals surface area contributed by atoms with Gasteiger partial charge in [0.05, 0.1) is 6.54 Å². The smallest absolute Gasteiger partial charge is 0.253 e. The van der Waals surface area contributed by atoms with Crippen molar-refractivity contribution in [3.05, 3.63) is 62.3 Å². The summed E-state index contributed by atoms with van der Waals surface area (Å²) < 4.78 is 16.0. The highest BCUT2D eigenvalue weighted by atomic mass is 19.1. The minimum atomic E-state index is -0.0966. The summed E-state index contributed by atoms with van der Waals surface area (Å²) in [5.41, 5.74) is 5.63. The van der Waals surface area contributed by atoms with E-state index in [1.807, 2.05) is 30.9 Å². The SMILES string of the molecule is Cc1c2c(n(C)c(=O)c1C)CN(C(=O)CC1CN(c3ccc(C4CC4)c(F)c3)C1)C2. The van der Waals surface area contributed by atoms with Crippen molar-refractivity contribution >= 4 is 11.6 Å². The van der Waals surface area contributed by atoms with Gasteiger partial charge in [-0.3, -0.25) is 9.59 Å². The average Bonchev–Trinajstić information content (AvgIpc) is 3.43. The van der Waals surface area contributed by atoms with Crippen LogP contribution in [0.5, 0.6) is 0 Å². The van der Waals surface area contributed by atoms with E-state index >= 15 is 0 Å². The van der Waals surface area contributed by atoms with Crippen molar-refractivity contribution in [1.29, 1.82) is 0 Å². The fourth-order valence-corrected chi connectivity index (χ4v) is 4.92. The molecule has 3 aliphatic rings. The van der Waals surface area contributed by atoms with Crippen LogP contribution in [0.15, 0.2) is 23.0 Å². The van der Waals surface area contributed by atoms with Gasteiger partial charge in [0.15, 0.2) is 0 Å². The zero-order valence-electron chi connectivity index (χ0n) is 17.9. The van der Waals surface area contributed by atoms with Gasteiger partial charge in [-0.15, -0.1) is 0 Å². The van der Waals surface area contributed by atoms with Gasteiger partial charge in [-0.05, 0) is 61.4 Å². The Morgan fingerprint density at radius 1 is 1.13 bits per heavy atom. The number of carbonyl (C=O) groups is 1. The lowest BCUT2D eigenvalue weighted by molar-refractivity contribution is -0.133. The van der Waals surface area contributed by atoms with E-state index in [9.17, 15) is 14.0 Å². The molecule has 6 heteroatoms. The summed E-state index contributed by atoms with van der Waals surface area (Å²) in [4.78, 5) is 29.2. The van der Waals surface area contributed by atoms with Crippen LogP contribution < -0.4 is 10.5 Å². The predicted molar refractivity (Wildman–Crippen MR) is 114 cm³/mol. The number of benzene rings is 1. The molecule has 0 unspecified atom stereocenters. The molecule has 2 aliphatic heterocycles. The standard InChI is InChI=1S/C24H28FN3O2/c1-14-15(2)24(30)26(3)22-13-28(12-20(14)22)23(29)8-16-10-27(11-16)18-6-7-19(17-4-5-17)21(25)9-18/h6-7,9,16-17H,4-5,8,10-13H2,1-3H3. The van der Waals surface area contributed by atoms with Crippen LogP contribution in [0.25, 0.3) is 0 Å². The minimum absolute atomic E-state index is 0.0233. The Morgan fingerprint density at radius 2 is 1.87 bits per heavy atom. The number of carbonyl (C=O) groups excluding carboxylic acids is 1. The van der Waals surface area contributed by atoms with Gasteiger partial charge in [0.2, 0.25) is 5.91 Å². The van der Waals surface area contributed by atoms with E-state index in [0.29, 0.717) is 31.3 Å². The maximum absolute atomic E-state index is 14.3. The van der Waals surface area contributed by atoms with Gasteiger partial charge in [0.25, 0.3) is 5.56 Å². The summed E-state index contributed by atoms with van der Waals surface area (Å²) in [6, 6.07) is 5.59. The Bertz CT molecular complexity index is 1100. The Balaban J connectivity index is 1.20. The van der Waals surface area contributed by atoms with Crippen molar-refractivity contribution in [2.75, 3.05) is 18.0 Å². The minimum Gasteiger partial charge on any atom is -0.371 e. The normalized spacial score (nSPS) is 18.5. The number of amides is 1. The molecule has 1 aromatic carbocycles. The van der Waals surface area contributed by atoms with Crippen molar-refractivity contribution in [2.24, 2.45) is 13.0 Å². The average molecular weight is 410 g/mol. The van der Waals surface area contributed by atoms with E-state index in [1.165, 1.54) is 0 Å². The number of rotatable bonds is 4. The van der Waals surface area contributed by atoms with Crippen LogP contribution in [0.2, 0.25) is 0 Å². The number of fused-ring (bicyclic) bond motifs is 1. The molecule has 5 nitrogen and oxygen atoms in total. The highest BCUT2D eigenvalue weighted by molar-refractivity contribution is 5.77. The third-order valence-electron chi connectivity index (χ3n) is 7.22. The van der Waals surface area contributed by atoms with E-state index in [0.717, 1.165) is 59.6 Å². The van der Waals surface area contributed by atoms with Crippen molar-refractivity contribution < 1.29 is 9.18 Å². The molecule has 30 heavy (non-hydrogen) atoms. The second kappa shape index (κ2) is 6.96. The molecule has 0 spiro atoms. The summed E-state index contributed by atoms with van der Waals surface area (Å²) in [5, 5.41) is 0. The molecule has 1 aliphatic carbocycles. The second-order valence-corrected chi connectivity index (χ2v) is 9.24. The van der Waals surface area contributed by atoms with E-state index in [-0.39, 0.29) is 17.3 Å². The van der Waals surface area contributed by atoms with Gasteiger partial charge >= 0.3 is 0 Å². The molecule has 158 valence electrons. The molecule has 0 N–H and O–H groups in total. The molecule has 0 bridgehead atoms. The quantitative estimate of drug-likeness (QED) is 0.778. The van der Waals surface area contributed by atoms with Crippen LogP contribution in [-0.2, 0) is 24.9 Å². The fraction of sp³-hybridized carbons (Fsp3) is 0.500. The lowest BCUT2D eigenvalue weighted by atomic mass is 9.94. The molecule has 2 fully saturated rings. The zero-order chi connectivity index (χ0) is 21.2. The Hall–Kier alpha value is -2.63. The highest BCUT2D eigenvalue weighted by Gasteiger charge is 2.34. The van der Waals surface area contributed by atoms with Crippen LogP contribution >= 0.6 is 0 Å². The number of hydrogen-bond acceptors (Lipinski definition) is 3. The molecule has 0 atom stereocenters. The third-order valence-corrected chi connectivity index (χ3v) is 7.22. The summed E-state index contributed by atoms with van der Waals surface area (Å²) in [5.74, 6) is 0.743. The lowest BCUT2D eigenvalue weighted by Crippen LogP contribution is -2.48. The summed E-state index contributed by atoms with van der Waals surface area (Å²) >= 11 is 0. The van der Waals surface area contributed by atoms with Crippen LogP contribution in [0, 0.1) is 25.6 Å². The van der Waals surface area contributed by atoms with Gasteiger partial charge in [0.1, 0.15) is 5.82 Å². The van der Waals surface area contributed by atoms with Gasteiger partial charge < -0.3 is 14.4 Å². The van der Waals surface area contributed by atoms with Gasteiger partial charge in [0, 0.05) is 56.0 Å². The molecule has 0 radical (unpaired) electrons. The maximum atomic E-state index is 14.3. The third kappa shape index (κ3) is 3.13. The molecule has 5 rings (SSSR count). The number of anilines is 1. The Morgan fingerprint density at radius 3 is 2.53 bits per heavy atom. The molecular formula is C24H28FN3O2. The fourth-order valence-electron chi connectivity index (χ4n) is 4.92. The van der Waals surface area contributed by atoms with E-state index in [1.54, 1.807) is 17.7 Å². The van der Waals surface area contributed by atoms with Crippen molar-refractivity contribution in [3.63, 3.8) is 0 Å². The molecule has 3 heterocycles. The van der Waals surface area contributed by atoms with Crippen LogP contribution in [0.1, 0.15) is 53.1 Å². The Kier molecular flexibility index (Phi) is 4.49. The molecule has 1 saturated carbocycles. The number of pyridine rings is 1. The first kappa shape index (κ1) is 19.3. The molecule has 2 aromatic rings. The van der Waals surface area contributed by atoms with E-state index in [4.69, 9.17) is 0 Å². The molecule has 1 amide bonds.